The van der Waals surface area contributed by atoms with E-state index in [0.29, 0.717) is 16.8 Å². The van der Waals surface area contributed by atoms with Crippen LogP contribution in [0.4, 0.5) is 5.69 Å². The van der Waals surface area contributed by atoms with Gasteiger partial charge in [-0.25, -0.2) is 9.78 Å². The summed E-state index contributed by atoms with van der Waals surface area (Å²) in [5, 5.41) is 16.6. The Labute approximate surface area is 141 Å². The average molecular weight is 340 g/mol. The standard InChI is InChI=1S/C17H10ClN3O3/c18-13-6-5-11(7-12(13)17(22)23)20-9-10(8-19)16-21-14-3-1-2-4-15(14)24-16/h1-7,9,19H,(H,22,23). The van der Waals surface area contributed by atoms with E-state index in [1.165, 1.54) is 18.3 Å². The van der Waals surface area contributed by atoms with Gasteiger partial charge in [0, 0.05) is 6.21 Å². The largest absolute Gasteiger partial charge is 0.478 e. The molecule has 1 heterocycles. The maximum atomic E-state index is 11.1. The zero-order chi connectivity index (χ0) is 17.1. The van der Waals surface area contributed by atoms with Crippen LogP contribution in [0.1, 0.15) is 16.2 Å². The fraction of sp³-hybridized carbons (Fsp3) is 0. The molecule has 0 radical (unpaired) electrons. The van der Waals surface area contributed by atoms with Crippen molar-refractivity contribution in [3.05, 3.63) is 58.9 Å². The number of halogens is 1. The summed E-state index contributed by atoms with van der Waals surface area (Å²) in [4.78, 5) is 19.5. The molecule has 7 heteroatoms. The highest BCUT2D eigenvalue weighted by atomic mass is 35.5. The molecule has 118 valence electrons. The third-order valence-electron chi connectivity index (χ3n) is 3.18. The van der Waals surface area contributed by atoms with Crippen LogP contribution >= 0.6 is 11.6 Å². The molecule has 24 heavy (non-hydrogen) atoms. The Morgan fingerprint density at radius 2 is 2.12 bits per heavy atom. The Morgan fingerprint density at radius 3 is 2.83 bits per heavy atom. The van der Waals surface area contributed by atoms with Gasteiger partial charge in [0.1, 0.15) is 11.1 Å². The van der Waals surface area contributed by atoms with Gasteiger partial charge in [-0.05, 0) is 36.2 Å². The summed E-state index contributed by atoms with van der Waals surface area (Å²) in [5.41, 5.74) is 1.81. The number of nitrogens with one attached hydrogen (secondary N) is 1. The number of para-hydroxylation sites is 2. The van der Waals surface area contributed by atoms with Gasteiger partial charge in [0.15, 0.2) is 5.58 Å². The predicted octanol–water partition coefficient (Wildman–Crippen LogP) is 4.21. The van der Waals surface area contributed by atoms with Crippen LogP contribution in [0.2, 0.25) is 5.02 Å². The first-order valence-electron chi connectivity index (χ1n) is 6.81. The van der Waals surface area contributed by atoms with Gasteiger partial charge in [0.25, 0.3) is 0 Å². The number of aromatic carboxylic acids is 1. The van der Waals surface area contributed by atoms with Gasteiger partial charge in [-0.15, -0.1) is 0 Å². The zero-order valence-corrected chi connectivity index (χ0v) is 12.9. The van der Waals surface area contributed by atoms with Crippen molar-refractivity contribution in [2.24, 2.45) is 4.99 Å². The lowest BCUT2D eigenvalue weighted by Gasteiger charge is -2.00. The molecule has 0 atom stereocenters. The zero-order valence-electron chi connectivity index (χ0n) is 12.2. The maximum absolute atomic E-state index is 11.1. The maximum Gasteiger partial charge on any atom is 0.337 e. The van der Waals surface area contributed by atoms with Crippen molar-refractivity contribution >= 4 is 52.0 Å². The van der Waals surface area contributed by atoms with Crippen molar-refractivity contribution in [3.63, 3.8) is 0 Å². The van der Waals surface area contributed by atoms with Crippen LogP contribution in [0.3, 0.4) is 0 Å². The van der Waals surface area contributed by atoms with E-state index in [0.717, 1.165) is 0 Å². The summed E-state index contributed by atoms with van der Waals surface area (Å²) in [6.07, 6.45) is 1.34. The van der Waals surface area contributed by atoms with Gasteiger partial charge in [-0.3, -0.25) is 10.4 Å². The molecule has 0 aliphatic carbocycles. The normalized spacial score (nSPS) is 10.9. The summed E-state index contributed by atoms with van der Waals surface area (Å²) in [5.74, 6) is 1.29. The molecule has 0 amide bonds. The number of carboxylic acids is 1. The van der Waals surface area contributed by atoms with Crippen LogP contribution in [-0.4, -0.2) is 28.1 Å². The molecule has 1 aromatic heterocycles. The van der Waals surface area contributed by atoms with Crippen LogP contribution in [0.5, 0.6) is 0 Å². The Morgan fingerprint density at radius 1 is 1.33 bits per heavy atom. The first-order valence-corrected chi connectivity index (χ1v) is 7.19. The lowest BCUT2D eigenvalue weighted by atomic mass is 10.2. The van der Waals surface area contributed by atoms with Crippen LogP contribution in [-0.2, 0) is 0 Å². The minimum absolute atomic E-state index is 0.0476. The number of hydrogen-bond donors (Lipinski definition) is 2. The highest BCUT2D eigenvalue weighted by Crippen LogP contribution is 2.23. The van der Waals surface area contributed by atoms with Crippen LogP contribution < -0.4 is 0 Å². The Hall–Kier alpha value is -3.21. The third-order valence-corrected chi connectivity index (χ3v) is 3.51. The number of fused-ring (bicyclic) bond motifs is 1. The number of aromatic nitrogens is 1. The Kier molecular flexibility index (Phi) is 4.24. The molecule has 0 saturated heterocycles. The van der Waals surface area contributed by atoms with Crippen LogP contribution in [0.15, 0.2) is 51.9 Å². The molecule has 0 saturated carbocycles. The summed E-state index contributed by atoms with van der Waals surface area (Å²) in [7, 11) is 0. The quantitative estimate of drug-likeness (QED) is 0.695. The minimum atomic E-state index is -1.14. The fourth-order valence-electron chi connectivity index (χ4n) is 2.02. The first-order chi connectivity index (χ1) is 11.6. The van der Waals surface area contributed by atoms with Gasteiger partial charge < -0.3 is 9.52 Å². The fourth-order valence-corrected chi connectivity index (χ4v) is 2.22. The van der Waals surface area contributed by atoms with Crippen LogP contribution in [0, 0.1) is 5.41 Å². The molecule has 2 N–H and O–H groups in total. The van der Waals surface area contributed by atoms with Gasteiger partial charge in [-0.1, -0.05) is 23.7 Å². The lowest BCUT2D eigenvalue weighted by molar-refractivity contribution is 0.0697. The second kappa shape index (κ2) is 6.50. The van der Waals surface area contributed by atoms with Gasteiger partial charge in [0.05, 0.1) is 16.3 Å². The molecule has 0 unspecified atom stereocenters. The molecule has 0 aliphatic heterocycles. The van der Waals surface area contributed by atoms with Gasteiger partial charge in [-0.2, -0.15) is 0 Å². The van der Waals surface area contributed by atoms with E-state index in [1.807, 2.05) is 12.1 Å². The topological polar surface area (TPSA) is 99.5 Å². The van der Waals surface area contributed by atoms with E-state index >= 15 is 0 Å². The molecule has 6 nitrogen and oxygen atoms in total. The molecule has 0 bridgehead atoms. The van der Waals surface area contributed by atoms with E-state index in [9.17, 15) is 4.79 Å². The lowest BCUT2D eigenvalue weighted by Crippen LogP contribution is -1.96. The number of carbonyl (C=O) groups is 1. The predicted molar refractivity (Wildman–Crippen MR) is 91.7 cm³/mol. The van der Waals surface area contributed by atoms with Gasteiger partial charge in [0.2, 0.25) is 5.89 Å². The van der Waals surface area contributed by atoms with E-state index in [4.69, 9.17) is 26.5 Å². The summed E-state index contributed by atoms with van der Waals surface area (Å²) >= 11 is 5.82. The van der Waals surface area contributed by atoms with Crippen molar-refractivity contribution in [2.75, 3.05) is 0 Å². The second-order valence-electron chi connectivity index (χ2n) is 4.75. The van der Waals surface area contributed by atoms with E-state index < -0.39 is 5.97 Å². The summed E-state index contributed by atoms with van der Waals surface area (Å²) < 4.78 is 5.55. The molecule has 2 aromatic carbocycles. The number of nitrogens with zero attached hydrogens (tertiary/aromatic N) is 2. The highest BCUT2D eigenvalue weighted by Gasteiger charge is 2.11. The van der Waals surface area contributed by atoms with Crippen molar-refractivity contribution in [2.45, 2.75) is 0 Å². The second-order valence-corrected chi connectivity index (χ2v) is 5.16. The Balaban J connectivity index is 1.93. The number of hydrogen-bond acceptors (Lipinski definition) is 5. The summed E-state index contributed by atoms with van der Waals surface area (Å²) in [6.45, 7) is 0. The molecule has 0 aliphatic rings. The van der Waals surface area contributed by atoms with Crippen LogP contribution in [0.25, 0.3) is 16.7 Å². The monoisotopic (exact) mass is 339 g/mol. The average Bonchev–Trinajstić information content (AvgIpc) is 3.00. The van der Waals surface area contributed by atoms with E-state index in [-0.39, 0.29) is 22.0 Å². The molecular formula is C17H10ClN3O3. The molecule has 3 rings (SSSR count). The van der Waals surface area contributed by atoms with Crippen molar-refractivity contribution < 1.29 is 14.3 Å². The SMILES string of the molecule is N=C=C(C=Nc1ccc(Cl)c(C(=O)O)c1)c1nc2ccccc2o1. The van der Waals surface area contributed by atoms with Crippen molar-refractivity contribution in [1.82, 2.24) is 4.98 Å². The molecular weight excluding hydrogens is 330 g/mol. The number of oxazole rings is 1. The van der Waals surface area contributed by atoms with E-state index in [1.54, 1.807) is 18.2 Å². The molecule has 0 fully saturated rings. The molecule has 3 aromatic rings. The smallest absolute Gasteiger partial charge is 0.337 e. The Bertz CT molecular complexity index is 984. The highest BCUT2D eigenvalue weighted by molar-refractivity contribution is 6.33. The van der Waals surface area contributed by atoms with Gasteiger partial charge >= 0.3 is 5.97 Å². The van der Waals surface area contributed by atoms with E-state index in [2.05, 4.69) is 15.8 Å². The van der Waals surface area contributed by atoms with Crippen molar-refractivity contribution in [3.8, 4) is 0 Å². The number of benzene rings is 2. The number of carboxylic acid groups (broad SMARTS) is 1. The number of aliphatic imine (C=N–C) groups is 1. The van der Waals surface area contributed by atoms with Crippen molar-refractivity contribution in [1.29, 1.82) is 5.41 Å². The number of rotatable bonds is 4. The number of allylic oxidation sites excluding steroid dienone is 1. The first kappa shape index (κ1) is 15.7. The molecule has 0 spiro atoms. The summed E-state index contributed by atoms with van der Waals surface area (Å²) in [6, 6.07) is 11.6. The minimum Gasteiger partial charge on any atom is -0.478 e. The third kappa shape index (κ3) is 3.10.